The molecule has 2 atom stereocenters. The molecule has 0 heterocycles. The minimum atomic E-state index is 0.171. The number of rotatable bonds is 3. The fourth-order valence-electron chi connectivity index (χ4n) is 3.26. The number of nitrogens with one attached hydrogen (secondary N) is 1. The van der Waals surface area contributed by atoms with E-state index in [9.17, 15) is 4.79 Å². The van der Waals surface area contributed by atoms with Crippen molar-refractivity contribution in [3.63, 3.8) is 0 Å². The first-order chi connectivity index (χ1) is 8.25. The molecule has 0 spiro atoms. The fraction of sp³-hybridized carbons (Fsp3) is 0.929. The Morgan fingerprint density at radius 2 is 1.65 bits per heavy atom. The zero-order valence-corrected chi connectivity index (χ0v) is 10.8. The predicted octanol–water partition coefficient (Wildman–Crippen LogP) is 2.34. The van der Waals surface area contributed by atoms with Gasteiger partial charge in [0.25, 0.3) is 0 Å². The van der Waals surface area contributed by atoms with Crippen molar-refractivity contribution in [2.75, 3.05) is 0 Å². The van der Waals surface area contributed by atoms with Crippen LogP contribution in [0.15, 0.2) is 0 Å². The molecule has 2 aliphatic carbocycles. The van der Waals surface area contributed by atoms with Crippen LogP contribution in [0.4, 0.5) is 0 Å². The number of amides is 1. The normalized spacial score (nSPS) is 31.1. The van der Waals surface area contributed by atoms with Gasteiger partial charge in [-0.05, 0) is 31.6 Å². The van der Waals surface area contributed by atoms with Gasteiger partial charge in [0.05, 0.1) is 0 Å². The molecule has 0 aromatic carbocycles. The maximum Gasteiger partial charge on any atom is 0.220 e. The molecule has 2 saturated carbocycles. The van der Waals surface area contributed by atoms with Crippen molar-refractivity contribution in [2.45, 2.75) is 76.3 Å². The van der Waals surface area contributed by atoms with E-state index >= 15 is 0 Å². The van der Waals surface area contributed by atoms with Crippen LogP contribution in [-0.2, 0) is 4.79 Å². The maximum absolute atomic E-state index is 12.0. The van der Waals surface area contributed by atoms with Crippen LogP contribution in [-0.4, -0.2) is 18.0 Å². The van der Waals surface area contributed by atoms with Crippen molar-refractivity contribution in [2.24, 2.45) is 11.7 Å². The average molecular weight is 238 g/mol. The van der Waals surface area contributed by atoms with Crippen LogP contribution in [0, 0.1) is 5.92 Å². The third-order valence-corrected chi connectivity index (χ3v) is 4.36. The Balaban J connectivity index is 1.75. The highest BCUT2D eigenvalue weighted by atomic mass is 16.1. The summed E-state index contributed by atoms with van der Waals surface area (Å²) < 4.78 is 0. The molecule has 2 fully saturated rings. The largest absolute Gasteiger partial charge is 0.352 e. The van der Waals surface area contributed by atoms with Gasteiger partial charge in [-0.2, -0.15) is 0 Å². The quantitative estimate of drug-likeness (QED) is 0.742. The van der Waals surface area contributed by atoms with E-state index in [2.05, 4.69) is 5.32 Å². The highest BCUT2D eigenvalue weighted by Gasteiger charge is 2.24. The second-order valence-corrected chi connectivity index (χ2v) is 5.83. The topological polar surface area (TPSA) is 55.1 Å². The van der Waals surface area contributed by atoms with Crippen molar-refractivity contribution < 1.29 is 4.79 Å². The van der Waals surface area contributed by atoms with Crippen molar-refractivity contribution in [3.8, 4) is 0 Å². The zero-order valence-electron chi connectivity index (χ0n) is 10.8. The third kappa shape index (κ3) is 3.98. The summed E-state index contributed by atoms with van der Waals surface area (Å²) in [4.78, 5) is 12.0. The van der Waals surface area contributed by atoms with Crippen LogP contribution in [0.2, 0.25) is 0 Å². The molecule has 0 saturated heterocycles. The molecule has 3 heteroatoms. The molecule has 2 rings (SSSR count). The summed E-state index contributed by atoms with van der Waals surface area (Å²) in [5.41, 5.74) is 6.12. The zero-order chi connectivity index (χ0) is 12.1. The molecule has 3 nitrogen and oxygen atoms in total. The first-order valence-corrected chi connectivity index (χ1v) is 7.30. The highest BCUT2D eigenvalue weighted by molar-refractivity contribution is 5.76. The summed E-state index contributed by atoms with van der Waals surface area (Å²) in [6.45, 7) is 0. The van der Waals surface area contributed by atoms with Gasteiger partial charge in [0, 0.05) is 18.5 Å². The lowest BCUT2D eigenvalue weighted by atomic mass is 10.0. The van der Waals surface area contributed by atoms with Crippen LogP contribution in [0.25, 0.3) is 0 Å². The average Bonchev–Trinajstić information content (AvgIpc) is 2.71. The Morgan fingerprint density at radius 1 is 1.00 bits per heavy atom. The first kappa shape index (κ1) is 12.9. The van der Waals surface area contributed by atoms with Gasteiger partial charge < -0.3 is 11.1 Å². The lowest BCUT2D eigenvalue weighted by Crippen LogP contribution is -2.47. The van der Waals surface area contributed by atoms with E-state index in [4.69, 9.17) is 5.73 Å². The Bertz CT molecular complexity index is 249. The molecular formula is C14H26N2O. The number of carbonyl (C=O) groups excluding carboxylic acids is 1. The van der Waals surface area contributed by atoms with Crippen LogP contribution < -0.4 is 11.1 Å². The van der Waals surface area contributed by atoms with E-state index < -0.39 is 0 Å². The molecular weight excluding hydrogens is 212 g/mol. The van der Waals surface area contributed by atoms with Crippen molar-refractivity contribution in [3.05, 3.63) is 0 Å². The van der Waals surface area contributed by atoms with E-state index in [-0.39, 0.29) is 18.0 Å². The standard InChI is InChI=1S/C14H26N2O/c15-12-8-2-1-3-9-13(12)16-14(17)10-11-6-4-5-7-11/h11-13H,1-10,15H2,(H,16,17). The van der Waals surface area contributed by atoms with Gasteiger partial charge >= 0.3 is 0 Å². The summed E-state index contributed by atoms with van der Waals surface area (Å²) in [7, 11) is 0. The molecule has 3 N–H and O–H groups in total. The van der Waals surface area contributed by atoms with E-state index in [0.717, 1.165) is 19.3 Å². The Morgan fingerprint density at radius 3 is 2.41 bits per heavy atom. The van der Waals surface area contributed by atoms with Crippen LogP contribution >= 0.6 is 0 Å². The van der Waals surface area contributed by atoms with Gasteiger partial charge in [0.1, 0.15) is 0 Å². The van der Waals surface area contributed by atoms with E-state index in [1.165, 1.54) is 44.9 Å². The molecule has 2 unspecified atom stereocenters. The molecule has 17 heavy (non-hydrogen) atoms. The second-order valence-electron chi connectivity index (χ2n) is 5.83. The van der Waals surface area contributed by atoms with Gasteiger partial charge in [-0.3, -0.25) is 4.79 Å². The minimum absolute atomic E-state index is 0.171. The predicted molar refractivity (Wildman–Crippen MR) is 69.6 cm³/mol. The number of nitrogens with two attached hydrogens (primary N) is 1. The minimum Gasteiger partial charge on any atom is -0.352 e. The van der Waals surface area contributed by atoms with E-state index in [1.807, 2.05) is 0 Å². The number of hydrogen-bond donors (Lipinski definition) is 2. The van der Waals surface area contributed by atoms with Gasteiger partial charge in [0.2, 0.25) is 5.91 Å². The molecule has 0 bridgehead atoms. The smallest absolute Gasteiger partial charge is 0.220 e. The van der Waals surface area contributed by atoms with Gasteiger partial charge in [-0.15, -0.1) is 0 Å². The summed E-state index contributed by atoms with van der Waals surface area (Å²) >= 11 is 0. The summed E-state index contributed by atoms with van der Waals surface area (Å²) in [6, 6.07) is 0.399. The monoisotopic (exact) mass is 238 g/mol. The van der Waals surface area contributed by atoms with Crippen molar-refractivity contribution in [1.29, 1.82) is 0 Å². The van der Waals surface area contributed by atoms with Crippen molar-refractivity contribution >= 4 is 5.91 Å². The van der Waals surface area contributed by atoms with Crippen molar-refractivity contribution in [1.82, 2.24) is 5.32 Å². The maximum atomic E-state index is 12.0. The van der Waals surface area contributed by atoms with Gasteiger partial charge in [-0.25, -0.2) is 0 Å². The molecule has 98 valence electrons. The summed E-state index contributed by atoms with van der Waals surface area (Å²) in [6.07, 6.45) is 11.6. The number of hydrogen-bond acceptors (Lipinski definition) is 2. The first-order valence-electron chi connectivity index (χ1n) is 7.30. The SMILES string of the molecule is NC1CCCCCC1NC(=O)CC1CCCC1. The van der Waals surface area contributed by atoms with E-state index in [0.29, 0.717) is 5.92 Å². The van der Waals surface area contributed by atoms with Crippen LogP contribution in [0.1, 0.15) is 64.2 Å². The molecule has 2 aliphatic rings. The number of carbonyl (C=O) groups is 1. The molecule has 0 aromatic rings. The van der Waals surface area contributed by atoms with Gasteiger partial charge in [0.15, 0.2) is 0 Å². The fourth-order valence-corrected chi connectivity index (χ4v) is 3.26. The van der Waals surface area contributed by atoms with Crippen LogP contribution in [0.3, 0.4) is 0 Å². The molecule has 0 radical (unpaired) electrons. The lowest BCUT2D eigenvalue weighted by molar-refractivity contribution is -0.122. The molecule has 1 amide bonds. The second kappa shape index (κ2) is 6.39. The molecule has 0 aromatic heterocycles. The Labute approximate surface area is 105 Å². The van der Waals surface area contributed by atoms with Crippen LogP contribution in [0.5, 0.6) is 0 Å². The molecule has 0 aliphatic heterocycles. The van der Waals surface area contributed by atoms with Gasteiger partial charge in [-0.1, -0.05) is 32.1 Å². The van der Waals surface area contributed by atoms with E-state index in [1.54, 1.807) is 0 Å². The third-order valence-electron chi connectivity index (χ3n) is 4.36. The Kier molecular flexibility index (Phi) is 4.84. The summed E-state index contributed by atoms with van der Waals surface area (Å²) in [5, 5.41) is 3.17. The highest BCUT2D eigenvalue weighted by Crippen LogP contribution is 2.27. The lowest BCUT2D eigenvalue weighted by Gasteiger charge is -2.23. The summed E-state index contributed by atoms with van der Waals surface area (Å²) in [5.74, 6) is 0.872. The Hall–Kier alpha value is -0.570.